The van der Waals surface area contributed by atoms with Gasteiger partial charge in [-0.15, -0.1) is 0 Å². The topological polar surface area (TPSA) is 51.3 Å². The predicted molar refractivity (Wildman–Crippen MR) is 53.2 cm³/mol. The van der Waals surface area contributed by atoms with Gasteiger partial charge in [-0.2, -0.15) is 0 Å². The summed E-state index contributed by atoms with van der Waals surface area (Å²) in [6.45, 7) is 2.61. The van der Waals surface area contributed by atoms with Crippen LogP contribution in [0, 0.1) is 0 Å². The first-order chi connectivity index (χ1) is 5.75. The van der Waals surface area contributed by atoms with Crippen LogP contribution in [-0.4, -0.2) is 17.4 Å². The second kappa shape index (κ2) is 4.21. The zero-order valence-corrected chi connectivity index (χ0v) is 8.37. The van der Waals surface area contributed by atoms with Gasteiger partial charge in [-0.25, -0.2) is 0 Å². The number of pyridine rings is 1. The highest BCUT2D eigenvalue weighted by molar-refractivity contribution is 9.10. The third-order valence-corrected chi connectivity index (χ3v) is 1.97. The van der Waals surface area contributed by atoms with E-state index in [1.54, 1.807) is 6.20 Å². The molecule has 64 valence electrons. The van der Waals surface area contributed by atoms with Crippen molar-refractivity contribution in [3.63, 3.8) is 0 Å². The maximum absolute atomic E-state index is 5.66. The van der Waals surface area contributed by atoms with Crippen molar-refractivity contribution in [2.45, 2.75) is 6.92 Å². The van der Waals surface area contributed by atoms with E-state index < -0.39 is 0 Å². The van der Waals surface area contributed by atoms with E-state index >= 15 is 0 Å². The van der Waals surface area contributed by atoms with Crippen molar-refractivity contribution < 1.29 is 0 Å². The van der Waals surface area contributed by atoms with Gasteiger partial charge in [0.25, 0.3) is 0 Å². The first kappa shape index (κ1) is 9.19. The number of hydrogen-bond donors (Lipinski definition) is 1. The van der Waals surface area contributed by atoms with E-state index in [0.717, 1.165) is 4.47 Å². The molecule has 0 aliphatic rings. The average Bonchev–Trinajstić information content (AvgIpc) is 2.05. The molecule has 0 amide bonds. The van der Waals surface area contributed by atoms with Gasteiger partial charge in [0, 0.05) is 17.2 Å². The highest BCUT2D eigenvalue weighted by atomic mass is 79.9. The summed E-state index contributed by atoms with van der Waals surface area (Å²) in [5.74, 6) is 0.477. The molecule has 0 bridgehead atoms. The van der Waals surface area contributed by atoms with E-state index in [4.69, 9.17) is 5.73 Å². The largest absolute Gasteiger partial charge is 0.382 e. The molecular weight excluding hydrogens is 218 g/mol. The summed E-state index contributed by atoms with van der Waals surface area (Å²) < 4.78 is 0.875. The van der Waals surface area contributed by atoms with Gasteiger partial charge in [0.15, 0.2) is 0 Å². The molecule has 0 atom stereocenters. The Morgan fingerprint density at radius 2 is 2.50 bits per heavy atom. The minimum Gasteiger partial charge on any atom is -0.382 e. The number of halogens is 1. The van der Waals surface area contributed by atoms with Crippen LogP contribution < -0.4 is 5.73 Å². The zero-order chi connectivity index (χ0) is 8.97. The third-order valence-electron chi connectivity index (χ3n) is 1.33. The van der Waals surface area contributed by atoms with Crippen molar-refractivity contribution in [1.29, 1.82) is 0 Å². The lowest BCUT2D eigenvalue weighted by Gasteiger charge is -2.00. The minimum atomic E-state index is 0.477. The average molecular weight is 228 g/mol. The second-order valence-electron chi connectivity index (χ2n) is 2.19. The number of nitrogens with two attached hydrogens (primary N) is 1. The van der Waals surface area contributed by atoms with Crippen molar-refractivity contribution in [1.82, 2.24) is 4.98 Å². The van der Waals surface area contributed by atoms with Crippen LogP contribution in [0.15, 0.2) is 27.8 Å². The number of rotatable bonds is 2. The van der Waals surface area contributed by atoms with Crippen LogP contribution in [0.1, 0.15) is 12.6 Å². The fourth-order valence-corrected chi connectivity index (χ4v) is 1.28. The van der Waals surface area contributed by atoms with E-state index in [0.29, 0.717) is 18.1 Å². The highest BCUT2D eigenvalue weighted by Crippen LogP contribution is 2.12. The van der Waals surface area contributed by atoms with Crippen molar-refractivity contribution in [2.75, 3.05) is 6.54 Å². The Morgan fingerprint density at radius 3 is 3.08 bits per heavy atom. The predicted octanol–water partition coefficient (Wildman–Crippen LogP) is 1.57. The molecule has 1 aromatic rings. The number of amidine groups is 1. The summed E-state index contributed by atoms with van der Waals surface area (Å²) in [5.41, 5.74) is 6.37. The summed E-state index contributed by atoms with van der Waals surface area (Å²) >= 11 is 3.34. The normalized spacial score (nSPS) is 11.7. The Hall–Kier alpha value is -0.900. The Labute approximate surface area is 79.8 Å². The molecule has 2 N–H and O–H groups in total. The van der Waals surface area contributed by atoms with Crippen molar-refractivity contribution >= 4 is 21.8 Å². The lowest BCUT2D eigenvalue weighted by molar-refractivity contribution is 1.11. The molecule has 0 spiro atoms. The van der Waals surface area contributed by atoms with Gasteiger partial charge >= 0.3 is 0 Å². The highest BCUT2D eigenvalue weighted by Gasteiger charge is 2.02. The van der Waals surface area contributed by atoms with Crippen LogP contribution in [-0.2, 0) is 0 Å². The molecule has 0 saturated carbocycles. The number of nitrogens with zero attached hydrogens (tertiary/aromatic N) is 2. The summed E-state index contributed by atoms with van der Waals surface area (Å²) in [4.78, 5) is 8.15. The molecule has 4 heteroatoms. The van der Waals surface area contributed by atoms with Crippen LogP contribution >= 0.6 is 15.9 Å². The van der Waals surface area contributed by atoms with Gasteiger partial charge in [0.1, 0.15) is 11.5 Å². The van der Waals surface area contributed by atoms with Gasteiger partial charge in [-0.1, -0.05) is 0 Å². The smallest absolute Gasteiger partial charge is 0.145 e. The van der Waals surface area contributed by atoms with Crippen LogP contribution in [0.25, 0.3) is 0 Å². The molecule has 12 heavy (non-hydrogen) atoms. The third kappa shape index (κ3) is 2.04. The van der Waals surface area contributed by atoms with E-state index in [9.17, 15) is 0 Å². The fourth-order valence-electron chi connectivity index (χ4n) is 0.819. The van der Waals surface area contributed by atoms with E-state index in [2.05, 4.69) is 25.9 Å². The van der Waals surface area contributed by atoms with E-state index in [1.165, 1.54) is 0 Å². The maximum Gasteiger partial charge on any atom is 0.145 e. The zero-order valence-electron chi connectivity index (χ0n) is 6.79. The van der Waals surface area contributed by atoms with Crippen LogP contribution in [0.5, 0.6) is 0 Å². The number of aliphatic imine (C=N–C) groups is 1. The molecular formula is C8H10BrN3. The monoisotopic (exact) mass is 227 g/mol. The minimum absolute atomic E-state index is 0.477. The van der Waals surface area contributed by atoms with Gasteiger partial charge in [0.2, 0.25) is 0 Å². The lowest BCUT2D eigenvalue weighted by atomic mass is 10.3. The Morgan fingerprint density at radius 1 is 1.75 bits per heavy atom. The molecule has 1 heterocycles. The maximum atomic E-state index is 5.66. The molecule has 1 rings (SSSR count). The molecule has 0 saturated heterocycles. The summed E-state index contributed by atoms with van der Waals surface area (Å²) in [5, 5.41) is 0. The van der Waals surface area contributed by atoms with Crippen molar-refractivity contribution in [2.24, 2.45) is 10.7 Å². The van der Waals surface area contributed by atoms with E-state index in [-0.39, 0.29) is 0 Å². The molecule has 0 radical (unpaired) electrons. The number of hydrogen-bond acceptors (Lipinski definition) is 2. The molecule has 1 aromatic heterocycles. The molecule has 0 aliphatic heterocycles. The van der Waals surface area contributed by atoms with E-state index in [1.807, 2.05) is 19.1 Å². The molecule has 0 fully saturated rings. The van der Waals surface area contributed by atoms with Crippen LogP contribution in [0.2, 0.25) is 0 Å². The Kier molecular flexibility index (Phi) is 3.22. The van der Waals surface area contributed by atoms with Gasteiger partial charge < -0.3 is 5.73 Å². The molecule has 3 nitrogen and oxygen atoms in total. The standard InChI is InChI=1S/C8H10BrN3/c1-2-11-8(10)7-6(9)4-3-5-12-7/h3-5H,2H2,1H3,(H2,10,11). The van der Waals surface area contributed by atoms with Gasteiger partial charge in [0.05, 0.1) is 0 Å². The van der Waals surface area contributed by atoms with Crippen LogP contribution in [0.3, 0.4) is 0 Å². The second-order valence-corrected chi connectivity index (χ2v) is 3.05. The first-order valence-electron chi connectivity index (χ1n) is 3.66. The Bertz CT molecular complexity index is 296. The molecule has 0 aromatic carbocycles. The summed E-state index contributed by atoms with van der Waals surface area (Å²) in [6, 6.07) is 3.73. The molecule has 0 aliphatic carbocycles. The molecule has 0 unspecified atom stereocenters. The summed E-state index contributed by atoms with van der Waals surface area (Å²) in [6.07, 6.45) is 1.69. The summed E-state index contributed by atoms with van der Waals surface area (Å²) in [7, 11) is 0. The first-order valence-corrected chi connectivity index (χ1v) is 4.45. The van der Waals surface area contributed by atoms with Gasteiger partial charge in [-0.05, 0) is 35.0 Å². The SMILES string of the molecule is CCN=C(N)c1ncccc1Br. The lowest BCUT2D eigenvalue weighted by Crippen LogP contribution is -2.16. The quantitative estimate of drug-likeness (QED) is 0.617. The fraction of sp³-hybridized carbons (Fsp3) is 0.250. The van der Waals surface area contributed by atoms with Crippen molar-refractivity contribution in [3.8, 4) is 0 Å². The van der Waals surface area contributed by atoms with Crippen LogP contribution in [0.4, 0.5) is 0 Å². The van der Waals surface area contributed by atoms with Gasteiger partial charge in [-0.3, -0.25) is 9.98 Å². The van der Waals surface area contributed by atoms with Crippen molar-refractivity contribution in [3.05, 3.63) is 28.5 Å². The Balaban J connectivity index is 3.02. The number of aromatic nitrogens is 1.